The number of hydrogen-bond acceptors (Lipinski definition) is 4. The second-order valence-corrected chi connectivity index (χ2v) is 4.67. The highest BCUT2D eigenvalue weighted by molar-refractivity contribution is 5.97. The Morgan fingerprint density at radius 2 is 2.00 bits per heavy atom. The van der Waals surface area contributed by atoms with Crippen molar-refractivity contribution in [1.82, 2.24) is 4.90 Å². The molecule has 0 radical (unpaired) electrons. The molecule has 1 aromatic carbocycles. The first-order valence-corrected chi connectivity index (χ1v) is 6.95. The van der Waals surface area contributed by atoms with E-state index in [4.69, 9.17) is 10.5 Å². The largest absolute Gasteiger partial charge is 0.492 e. The quantitative estimate of drug-likeness (QED) is 0.660. The zero-order valence-corrected chi connectivity index (χ0v) is 11.8. The first-order chi connectivity index (χ1) is 10.2. The number of hydrogen-bond donors (Lipinski definition) is 1. The number of piperidine rings is 1. The summed E-state index contributed by atoms with van der Waals surface area (Å²) in [6, 6.07) is 7.33. The van der Waals surface area contributed by atoms with E-state index in [2.05, 4.69) is 11.8 Å². The van der Waals surface area contributed by atoms with Crippen LogP contribution >= 0.6 is 0 Å². The Balaban J connectivity index is 1.88. The number of carbonyl (C=O) groups is 2. The van der Waals surface area contributed by atoms with E-state index in [-0.39, 0.29) is 25.0 Å². The molecule has 0 bridgehead atoms. The molecule has 2 amide bonds. The number of imide groups is 1. The molecule has 1 aliphatic heterocycles. The molecule has 2 rings (SSSR count). The smallest absolute Gasteiger partial charge is 0.229 e. The van der Waals surface area contributed by atoms with E-state index < -0.39 is 0 Å². The lowest BCUT2D eigenvalue weighted by Crippen LogP contribution is -2.42. The highest BCUT2D eigenvalue weighted by atomic mass is 16.5. The van der Waals surface area contributed by atoms with Crippen molar-refractivity contribution in [3.63, 3.8) is 0 Å². The van der Waals surface area contributed by atoms with Gasteiger partial charge in [0.1, 0.15) is 12.4 Å². The third kappa shape index (κ3) is 4.33. The second-order valence-electron chi connectivity index (χ2n) is 4.67. The summed E-state index contributed by atoms with van der Waals surface area (Å²) in [5.41, 5.74) is 6.15. The molecule has 110 valence electrons. The third-order valence-corrected chi connectivity index (χ3v) is 3.14. The van der Waals surface area contributed by atoms with Crippen LogP contribution < -0.4 is 10.5 Å². The summed E-state index contributed by atoms with van der Waals surface area (Å²) in [4.78, 5) is 24.6. The molecule has 0 spiro atoms. The minimum absolute atomic E-state index is 0.114. The molecule has 0 unspecified atom stereocenters. The molecule has 21 heavy (non-hydrogen) atoms. The van der Waals surface area contributed by atoms with Crippen LogP contribution in [0, 0.1) is 11.8 Å². The minimum atomic E-state index is -0.114. The van der Waals surface area contributed by atoms with E-state index in [9.17, 15) is 9.59 Å². The summed E-state index contributed by atoms with van der Waals surface area (Å²) in [6.07, 6.45) is 1.53. The molecule has 1 aliphatic rings. The zero-order valence-electron chi connectivity index (χ0n) is 11.8. The minimum Gasteiger partial charge on any atom is -0.492 e. The molecule has 5 nitrogen and oxygen atoms in total. The lowest BCUT2D eigenvalue weighted by atomic mass is 10.1. The zero-order chi connectivity index (χ0) is 15.1. The van der Waals surface area contributed by atoms with Crippen LogP contribution in [0.4, 0.5) is 0 Å². The van der Waals surface area contributed by atoms with Crippen LogP contribution in [-0.2, 0) is 9.59 Å². The van der Waals surface area contributed by atoms with Crippen molar-refractivity contribution < 1.29 is 14.3 Å². The van der Waals surface area contributed by atoms with Gasteiger partial charge in [0.2, 0.25) is 11.8 Å². The number of nitrogens with zero attached hydrogens (tertiary/aromatic N) is 1. The SMILES string of the molecule is NCC#Cc1cccc(OCCN2C(=O)CCCC2=O)c1. The van der Waals surface area contributed by atoms with Crippen LogP contribution in [0.5, 0.6) is 5.75 Å². The molecule has 0 aliphatic carbocycles. The number of benzene rings is 1. The van der Waals surface area contributed by atoms with Crippen molar-refractivity contribution in [1.29, 1.82) is 0 Å². The van der Waals surface area contributed by atoms with Crippen molar-refractivity contribution in [2.75, 3.05) is 19.7 Å². The van der Waals surface area contributed by atoms with Crippen LogP contribution in [0.2, 0.25) is 0 Å². The Morgan fingerprint density at radius 1 is 1.24 bits per heavy atom. The summed E-state index contributed by atoms with van der Waals surface area (Å²) in [7, 11) is 0. The Labute approximate surface area is 124 Å². The van der Waals surface area contributed by atoms with Crippen LogP contribution in [0.3, 0.4) is 0 Å². The van der Waals surface area contributed by atoms with Gasteiger partial charge in [-0.15, -0.1) is 0 Å². The molecule has 0 aromatic heterocycles. The van der Waals surface area contributed by atoms with E-state index >= 15 is 0 Å². The molecule has 0 atom stereocenters. The van der Waals surface area contributed by atoms with Gasteiger partial charge in [-0.3, -0.25) is 14.5 Å². The number of nitrogens with two attached hydrogens (primary N) is 1. The molecule has 1 fully saturated rings. The maximum Gasteiger partial charge on any atom is 0.229 e. The highest BCUT2D eigenvalue weighted by Gasteiger charge is 2.25. The first kappa shape index (κ1) is 15.1. The summed E-state index contributed by atoms with van der Waals surface area (Å²) < 4.78 is 5.58. The number of amides is 2. The highest BCUT2D eigenvalue weighted by Crippen LogP contribution is 2.14. The van der Waals surface area contributed by atoms with Gasteiger partial charge in [-0.25, -0.2) is 0 Å². The topological polar surface area (TPSA) is 72.6 Å². The van der Waals surface area contributed by atoms with E-state index in [1.165, 1.54) is 4.90 Å². The fraction of sp³-hybridized carbons (Fsp3) is 0.375. The number of rotatable bonds is 4. The van der Waals surface area contributed by atoms with Crippen molar-refractivity contribution >= 4 is 11.8 Å². The summed E-state index contributed by atoms with van der Waals surface area (Å²) in [5, 5.41) is 0. The standard InChI is InChI=1S/C16H18N2O3/c17-9-3-5-13-4-1-6-14(12-13)21-11-10-18-15(19)7-2-8-16(18)20/h1,4,6,12H,2,7-11,17H2. The molecular weight excluding hydrogens is 268 g/mol. The fourth-order valence-corrected chi connectivity index (χ4v) is 2.12. The Morgan fingerprint density at radius 3 is 2.71 bits per heavy atom. The van der Waals surface area contributed by atoms with E-state index in [1.54, 1.807) is 0 Å². The van der Waals surface area contributed by atoms with Gasteiger partial charge in [-0.05, 0) is 24.6 Å². The molecule has 2 N–H and O–H groups in total. The first-order valence-electron chi connectivity index (χ1n) is 6.95. The molecule has 0 saturated carbocycles. The van der Waals surface area contributed by atoms with Gasteiger partial charge >= 0.3 is 0 Å². The Kier molecular flexibility index (Phi) is 5.35. The summed E-state index contributed by atoms with van der Waals surface area (Å²) in [5.74, 6) is 6.14. The van der Waals surface area contributed by atoms with E-state index in [0.717, 1.165) is 5.56 Å². The van der Waals surface area contributed by atoms with Crippen molar-refractivity contribution in [2.45, 2.75) is 19.3 Å². The van der Waals surface area contributed by atoms with Crippen LogP contribution in [0.1, 0.15) is 24.8 Å². The number of carbonyl (C=O) groups excluding carboxylic acids is 2. The molecular formula is C16H18N2O3. The average molecular weight is 286 g/mol. The Hall–Kier alpha value is -2.32. The van der Waals surface area contributed by atoms with Gasteiger partial charge in [0.05, 0.1) is 13.1 Å². The van der Waals surface area contributed by atoms with Crippen molar-refractivity contribution in [3.05, 3.63) is 29.8 Å². The third-order valence-electron chi connectivity index (χ3n) is 3.14. The summed E-state index contributed by atoms with van der Waals surface area (Å²) >= 11 is 0. The summed E-state index contributed by atoms with van der Waals surface area (Å²) in [6.45, 7) is 0.881. The number of likely N-dealkylation sites (tertiary alicyclic amines) is 1. The lowest BCUT2D eigenvalue weighted by molar-refractivity contribution is -0.148. The predicted octanol–water partition coefficient (Wildman–Crippen LogP) is 0.915. The molecule has 1 heterocycles. The van der Waals surface area contributed by atoms with Gasteiger partial charge in [0.25, 0.3) is 0 Å². The lowest BCUT2D eigenvalue weighted by Gasteiger charge is -2.24. The normalized spacial score (nSPS) is 14.6. The van der Waals surface area contributed by atoms with Gasteiger partial charge in [-0.1, -0.05) is 17.9 Å². The second kappa shape index (κ2) is 7.46. The Bertz CT molecular complexity index is 571. The molecule has 1 aromatic rings. The van der Waals surface area contributed by atoms with Crippen LogP contribution in [0.15, 0.2) is 24.3 Å². The van der Waals surface area contributed by atoms with E-state index in [0.29, 0.717) is 31.6 Å². The fourth-order valence-electron chi connectivity index (χ4n) is 2.12. The van der Waals surface area contributed by atoms with Gasteiger partial charge in [0, 0.05) is 18.4 Å². The van der Waals surface area contributed by atoms with Gasteiger partial charge < -0.3 is 10.5 Å². The van der Waals surface area contributed by atoms with E-state index in [1.807, 2.05) is 24.3 Å². The van der Waals surface area contributed by atoms with Crippen molar-refractivity contribution in [3.8, 4) is 17.6 Å². The monoisotopic (exact) mass is 286 g/mol. The molecule has 5 heteroatoms. The maximum atomic E-state index is 11.6. The maximum absolute atomic E-state index is 11.6. The predicted molar refractivity (Wildman–Crippen MR) is 78.4 cm³/mol. The van der Waals surface area contributed by atoms with Gasteiger partial charge in [-0.2, -0.15) is 0 Å². The van der Waals surface area contributed by atoms with Gasteiger partial charge in [0.15, 0.2) is 0 Å². The number of ether oxygens (including phenoxy) is 1. The van der Waals surface area contributed by atoms with Crippen LogP contribution in [-0.4, -0.2) is 36.4 Å². The molecule has 1 saturated heterocycles. The van der Waals surface area contributed by atoms with Crippen LogP contribution in [0.25, 0.3) is 0 Å². The average Bonchev–Trinajstić information content (AvgIpc) is 2.49. The van der Waals surface area contributed by atoms with Crippen molar-refractivity contribution in [2.24, 2.45) is 5.73 Å².